The molecule has 5 nitrogen and oxygen atoms in total. The second kappa shape index (κ2) is 8.40. The Balaban J connectivity index is 1.51. The van der Waals surface area contributed by atoms with E-state index in [-0.39, 0.29) is 13.2 Å². The molecule has 2 aromatic rings. The van der Waals surface area contributed by atoms with Gasteiger partial charge >= 0.3 is 5.97 Å². The van der Waals surface area contributed by atoms with Gasteiger partial charge in [-0.05, 0) is 24.6 Å². The molecule has 0 bridgehead atoms. The average Bonchev–Trinajstić information content (AvgIpc) is 2.92. The summed E-state index contributed by atoms with van der Waals surface area (Å²) in [4.78, 5) is 12.0. The summed E-state index contributed by atoms with van der Waals surface area (Å²) >= 11 is 0. The van der Waals surface area contributed by atoms with Crippen LogP contribution in [0, 0.1) is 6.92 Å². The summed E-state index contributed by atoms with van der Waals surface area (Å²) in [5.41, 5.74) is 2.26. The summed E-state index contributed by atoms with van der Waals surface area (Å²) in [5, 5.41) is 9.89. The van der Waals surface area contributed by atoms with Gasteiger partial charge in [0.2, 0.25) is 0 Å². The second-order valence-electron chi connectivity index (χ2n) is 6.24. The topological polar surface area (TPSA) is 65.0 Å². The van der Waals surface area contributed by atoms with E-state index in [1.807, 2.05) is 37.3 Å². The minimum atomic E-state index is -1.60. The van der Waals surface area contributed by atoms with E-state index in [0.29, 0.717) is 5.56 Å². The van der Waals surface area contributed by atoms with Crippen molar-refractivity contribution in [3.8, 4) is 0 Å². The predicted molar refractivity (Wildman–Crippen MR) is 92.3 cm³/mol. The molecule has 1 heterocycles. The van der Waals surface area contributed by atoms with Gasteiger partial charge in [-0.1, -0.05) is 48.0 Å². The normalized spacial score (nSPS) is 25.2. The van der Waals surface area contributed by atoms with E-state index in [2.05, 4.69) is 0 Å². The lowest BCUT2D eigenvalue weighted by Crippen LogP contribution is -2.33. The van der Waals surface area contributed by atoms with Gasteiger partial charge in [0.25, 0.3) is 0 Å². The standard InChI is InChI=1S/C20H21FO5/c1-13-7-9-15(10-8-13)19(22)25-12-16-17(21)18(20(23)26-16)24-11-14-5-3-2-4-6-14/h2-10,16-18,20,23H,11-12H2,1H3/t16-,17-,18-,20+/m1/s1. The van der Waals surface area contributed by atoms with Crippen LogP contribution in [-0.4, -0.2) is 42.4 Å². The van der Waals surface area contributed by atoms with Gasteiger partial charge in [0.05, 0.1) is 12.2 Å². The van der Waals surface area contributed by atoms with Crippen LogP contribution in [0.4, 0.5) is 4.39 Å². The molecule has 0 saturated carbocycles. The number of hydrogen-bond acceptors (Lipinski definition) is 5. The minimum absolute atomic E-state index is 0.155. The fraction of sp³-hybridized carbons (Fsp3) is 0.350. The molecule has 0 unspecified atom stereocenters. The molecule has 2 aromatic carbocycles. The maximum Gasteiger partial charge on any atom is 0.338 e. The number of benzene rings is 2. The van der Waals surface area contributed by atoms with Gasteiger partial charge in [-0.15, -0.1) is 0 Å². The van der Waals surface area contributed by atoms with Crippen molar-refractivity contribution in [2.45, 2.75) is 38.2 Å². The number of carbonyl (C=O) groups is 1. The van der Waals surface area contributed by atoms with E-state index in [9.17, 15) is 14.3 Å². The molecule has 3 rings (SSSR count). The molecule has 4 atom stereocenters. The highest BCUT2D eigenvalue weighted by molar-refractivity contribution is 5.89. The highest BCUT2D eigenvalue weighted by Gasteiger charge is 2.45. The third kappa shape index (κ3) is 4.46. The predicted octanol–water partition coefficient (Wildman–Crippen LogP) is 2.79. The first kappa shape index (κ1) is 18.5. The zero-order chi connectivity index (χ0) is 18.5. The molecule has 1 aliphatic rings. The van der Waals surface area contributed by atoms with Gasteiger partial charge in [0.1, 0.15) is 18.8 Å². The van der Waals surface area contributed by atoms with Crippen molar-refractivity contribution in [2.75, 3.05) is 6.61 Å². The quantitative estimate of drug-likeness (QED) is 0.803. The summed E-state index contributed by atoms with van der Waals surface area (Å²) < 4.78 is 30.2. The number of aliphatic hydroxyl groups is 1. The van der Waals surface area contributed by atoms with Crippen LogP contribution in [0.15, 0.2) is 54.6 Å². The number of ether oxygens (including phenoxy) is 3. The molecule has 138 valence electrons. The van der Waals surface area contributed by atoms with Crippen LogP contribution in [0.5, 0.6) is 0 Å². The average molecular weight is 360 g/mol. The Morgan fingerprint density at radius 1 is 1.15 bits per heavy atom. The number of rotatable bonds is 6. The molecule has 0 aliphatic carbocycles. The molecule has 0 spiro atoms. The molecule has 0 radical (unpaired) electrons. The molecule has 1 N–H and O–H groups in total. The van der Waals surface area contributed by atoms with E-state index in [1.165, 1.54) is 0 Å². The van der Waals surface area contributed by atoms with Gasteiger partial charge in [-0.3, -0.25) is 0 Å². The lowest BCUT2D eigenvalue weighted by Gasteiger charge is -2.16. The number of aryl methyl sites for hydroxylation is 1. The van der Waals surface area contributed by atoms with E-state index in [4.69, 9.17) is 14.2 Å². The van der Waals surface area contributed by atoms with Crippen molar-refractivity contribution in [3.63, 3.8) is 0 Å². The Morgan fingerprint density at radius 2 is 1.85 bits per heavy atom. The lowest BCUT2D eigenvalue weighted by atomic mass is 10.1. The second-order valence-corrected chi connectivity index (χ2v) is 6.24. The van der Waals surface area contributed by atoms with Crippen LogP contribution in [0.1, 0.15) is 21.5 Å². The van der Waals surface area contributed by atoms with Gasteiger partial charge in [-0.25, -0.2) is 9.18 Å². The molecule has 1 saturated heterocycles. The zero-order valence-corrected chi connectivity index (χ0v) is 14.4. The highest BCUT2D eigenvalue weighted by Crippen LogP contribution is 2.26. The Bertz CT molecular complexity index is 719. The summed E-state index contributed by atoms with van der Waals surface area (Å²) in [7, 11) is 0. The Hall–Kier alpha value is -2.28. The fourth-order valence-electron chi connectivity index (χ4n) is 2.70. The van der Waals surface area contributed by atoms with Crippen molar-refractivity contribution in [3.05, 3.63) is 71.3 Å². The summed E-state index contributed by atoms with van der Waals surface area (Å²) in [6.07, 6.45) is -5.20. The summed E-state index contributed by atoms with van der Waals surface area (Å²) in [6.45, 7) is 1.77. The Morgan fingerprint density at radius 3 is 2.54 bits per heavy atom. The number of aliphatic hydroxyl groups excluding tert-OH is 1. The molecule has 26 heavy (non-hydrogen) atoms. The van der Waals surface area contributed by atoms with Gasteiger partial charge < -0.3 is 19.3 Å². The highest BCUT2D eigenvalue weighted by atomic mass is 19.1. The minimum Gasteiger partial charge on any atom is -0.459 e. The molecular formula is C20H21FO5. The van der Waals surface area contributed by atoms with Gasteiger partial charge in [-0.2, -0.15) is 0 Å². The SMILES string of the molecule is Cc1ccc(C(=O)OC[C@H]2O[C@H](O)[C@H](OCc3ccccc3)[C@@H]2F)cc1. The third-order valence-corrected chi connectivity index (χ3v) is 4.22. The third-order valence-electron chi connectivity index (χ3n) is 4.22. The molecule has 1 fully saturated rings. The first-order valence-corrected chi connectivity index (χ1v) is 8.41. The van der Waals surface area contributed by atoms with Crippen LogP contribution in [0.3, 0.4) is 0 Å². The van der Waals surface area contributed by atoms with Crippen LogP contribution in [0.25, 0.3) is 0 Å². The fourth-order valence-corrected chi connectivity index (χ4v) is 2.70. The smallest absolute Gasteiger partial charge is 0.338 e. The molecular weight excluding hydrogens is 339 g/mol. The Labute approximate surface area is 151 Å². The van der Waals surface area contributed by atoms with Crippen LogP contribution < -0.4 is 0 Å². The van der Waals surface area contributed by atoms with Crippen molar-refractivity contribution in [1.82, 2.24) is 0 Å². The van der Waals surface area contributed by atoms with Crippen LogP contribution in [0.2, 0.25) is 0 Å². The van der Waals surface area contributed by atoms with Crippen LogP contribution >= 0.6 is 0 Å². The molecule has 0 amide bonds. The van der Waals surface area contributed by atoms with Crippen molar-refractivity contribution >= 4 is 5.97 Å². The summed E-state index contributed by atoms with van der Waals surface area (Å²) in [6, 6.07) is 16.1. The zero-order valence-electron chi connectivity index (χ0n) is 14.4. The summed E-state index contributed by atoms with van der Waals surface area (Å²) in [5.74, 6) is -0.566. The van der Waals surface area contributed by atoms with E-state index in [0.717, 1.165) is 11.1 Å². The number of esters is 1. The van der Waals surface area contributed by atoms with Crippen molar-refractivity contribution < 1.29 is 28.5 Å². The number of alkyl halides is 1. The van der Waals surface area contributed by atoms with E-state index in [1.54, 1.807) is 24.3 Å². The first-order valence-electron chi connectivity index (χ1n) is 8.41. The lowest BCUT2D eigenvalue weighted by molar-refractivity contribution is -0.149. The molecule has 1 aliphatic heterocycles. The maximum absolute atomic E-state index is 14.5. The van der Waals surface area contributed by atoms with Crippen LogP contribution in [-0.2, 0) is 20.8 Å². The monoisotopic (exact) mass is 360 g/mol. The first-order chi connectivity index (χ1) is 12.5. The molecule has 0 aromatic heterocycles. The van der Waals surface area contributed by atoms with Crippen molar-refractivity contribution in [1.29, 1.82) is 0 Å². The van der Waals surface area contributed by atoms with E-state index < -0.39 is 30.6 Å². The molecule has 6 heteroatoms. The number of carbonyl (C=O) groups excluding carboxylic acids is 1. The van der Waals surface area contributed by atoms with Gasteiger partial charge in [0, 0.05) is 0 Å². The Kier molecular flexibility index (Phi) is 5.98. The van der Waals surface area contributed by atoms with E-state index >= 15 is 0 Å². The largest absolute Gasteiger partial charge is 0.459 e. The maximum atomic E-state index is 14.5. The number of halogens is 1. The van der Waals surface area contributed by atoms with Gasteiger partial charge in [0.15, 0.2) is 12.5 Å². The van der Waals surface area contributed by atoms with Crippen molar-refractivity contribution in [2.24, 2.45) is 0 Å². The number of hydrogen-bond donors (Lipinski definition) is 1.